The van der Waals surface area contributed by atoms with Crippen molar-refractivity contribution in [3.05, 3.63) is 60.2 Å². The van der Waals surface area contributed by atoms with Crippen LogP contribution in [0.3, 0.4) is 0 Å². The molecule has 0 heterocycles. The molecule has 0 aliphatic carbocycles. The summed E-state index contributed by atoms with van der Waals surface area (Å²) in [6.07, 6.45) is 1.19. The highest BCUT2D eigenvalue weighted by Gasteiger charge is 2.28. The molecule has 0 aromatic heterocycles. The maximum Gasteiger partial charge on any atom is 0.243 e. The Balaban J connectivity index is 2.05. The summed E-state index contributed by atoms with van der Waals surface area (Å²) in [6.45, 7) is 5.78. The van der Waals surface area contributed by atoms with E-state index in [1.165, 1.54) is 0 Å². The lowest BCUT2D eigenvalue weighted by Gasteiger charge is -2.28. The minimum absolute atomic E-state index is 0.0939. The normalized spacial score (nSPS) is 12.5. The molecule has 0 aliphatic rings. The Bertz CT molecular complexity index is 849. The molecule has 7 heteroatoms. The standard InChI is InChI=1S/C20H26N2O4S/c1-15(2)26-19-12-10-17(11-13-19)14-21-20(23)16(3)22(27(4,24)25)18-8-6-5-7-9-18/h5-13,15-16H,14H2,1-4H3,(H,21,23)/t16-/m1/s1. The molecule has 1 N–H and O–H groups in total. The Kier molecular flexibility index (Phi) is 6.85. The Hall–Kier alpha value is -2.54. The van der Waals surface area contributed by atoms with Gasteiger partial charge in [0.1, 0.15) is 11.8 Å². The molecule has 146 valence electrons. The van der Waals surface area contributed by atoms with Crippen LogP contribution in [0.2, 0.25) is 0 Å². The van der Waals surface area contributed by atoms with E-state index in [4.69, 9.17) is 4.74 Å². The third-order valence-corrected chi connectivity index (χ3v) is 5.10. The van der Waals surface area contributed by atoms with Crippen molar-refractivity contribution in [3.8, 4) is 5.75 Å². The summed E-state index contributed by atoms with van der Waals surface area (Å²) >= 11 is 0. The first-order valence-corrected chi connectivity index (χ1v) is 10.6. The number of sulfonamides is 1. The molecule has 2 aromatic rings. The van der Waals surface area contributed by atoms with E-state index >= 15 is 0 Å². The lowest BCUT2D eigenvalue weighted by Crippen LogP contribution is -2.47. The van der Waals surface area contributed by atoms with E-state index in [1.54, 1.807) is 37.3 Å². The van der Waals surface area contributed by atoms with Gasteiger partial charge in [-0.2, -0.15) is 0 Å². The minimum atomic E-state index is -3.61. The molecule has 27 heavy (non-hydrogen) atoms. The zero-order valence-electron chi connectivity index (χ0n) is 16.0. The molecule has 0 radical (unpaired) electrons. The zero-order chi connectivity index (χ0) is 20.0. The zero-order valence-corrected chi connectivity index (χ0v) is 16.9. The average molecular weight is 391 g/mol. The van der Waals surface area contributed by atoms with Crippen molar-refractivity contribution in [1.29, 1.82) is 0 Å². The molecule has 0 aliphatic heterocycles. The predicted octanol–water partition coefficient (Wildman–Crippen LogP) is 2.94. The van der Waals surface area contributed by atoms with Crippen molar-refractivity contribution in [2.45, 2.75) is 39.5 Å². The van der Waals surface area contributed by atoms with Crippen LogP contribution in [0.5, 0.6) is 5.75 Å². The van der Waals surface area contributed by atoms with E-state index in [1.807, 2.05) is 38.1 Å². The number of carbonyl (C=O) groups is 1. The number of benzene rings is 2. The molecule has 2 aromatic carbocycles. The van der Waals surface area contributed by atoms with Gasteiger partial charge < -0.3 is 10.1 Å². The molecule has 1 atom stereocenters. The number of hydrogen-bond acceptors (Lipinski definition) is 4. The lowest BCUT2D eigenvalue weighted by atomic mass is 10.2. The van der Waals surface area contributed by atoms with Crippen LogP contribution in [-0.2, 0) is 21.4 Å². The average Bonchev–Trinajstić information content (AvgIpc) is 2.60. The smallest absolute Gasteiger partial charge is 0.243 e. The van der Waals surface area contributed by atoms with E-state index in [0.717, 1.165) is 21.9 Å². The second-order valence-corrected chi connectivity index (χ2v) is 8.46. The molecule has 0 saturated carbocycles. The fraction of sp³-hybridized carbons (Fsp3) is 0.350. The van der Waals surface area contributed by atoms with Crippen molar-refractivity contribution in [3.63, 3.8) is 0 Å². The molecule has 0 unspecified atom stereocenters. The van der Waals surface area contributed by atoms with E-state index in [-0.39, 0.29) is 12.0 Å². The summed E-state index contributed by atoms with van der Waals surface area (Å²) in [6, 6.07) is 15.2. The second-order valence-electron chi connectivity index (χ2n) is 6.60. The van der Waals surface area contributed by atoms with Gasteiger partial charge in [0.05, 0.1) is 18.0 Å². The fourth-order valence-electron chi connectivity index (χ4n) is 2.68. The van der Waals surface area contributed by atoms with Crippen molar-refractivity contribution in [2.24, 2.45) is 0 Å². The van der Waals surface area contributed by atoms with E-state index in [2.05, 4.69) is 5.32 Å². The number of carbonyl (C=O) groups excluding carboxylic acids is 1. The Morgan fingerprint density at radius 3 is 2.15 bits per heavy atom. The topological polar surface area (TPSA) is 75.7 Å². The van der Waals surface area contributed by atoms with E-state index < -0.39 is 16.1 Å². The van der Waals surface area contributed by atoms with Crippen molar-refractivity contribution < 1.29 is 17.9 Å². The van der Waals surface area contributed by atoms with Gasteiger partial charge in [-0.25, -0.2) is 8.42 Å². The van der Waals surface area contributed by atoms with Crippen LogP contribution in [0.25, 0.3) is 0 Å². The van der Waals surface area contributed by atoms with Crippen LogP contribution in [0, 0.1) is 0 Å². The number of anilines is 1. The van der Waals surface area contributed by atoms with E-state index in [0.29, 0.717) is 12.2 Å². The fourth-order valence-corrected chi connectivity index (χ4v) is 3.85. The second kappa shape index (κ2) is 8.90. The van der Waals surface area contributed by atoms with Gasteiger partial charge in [-0.1, -0.05) is 30.3 Å². The highest BCUT2D eigenvalue weighted by Crippen LogP contribution is 2.20. The third kappa shape index (κ3) is 5.99. The van der Waals surface area contributed by atoms with Gasteiger partial charge in [-0.05, 0) is 50.6 Å². The SMILES string of the molecule is CC(C)Oc1ccc(CNC(=O)[C@@H](C)N(c2ccccc2)S(C)(=O)=O)cc1. The molecule has 2 rings (SSSR count). The van der Waals surface area contributed by atoms with E-state index in [9.17, 15) is 13.2 Å². The van der Waals surface area contributed by atoms with Crippen molar-refractivity contribution in [2.75, 3.05) is 10.6 Å². The summed E-state index contributed by atoms with van der Waals surface area (Å²) in [5.74, 6) is 0.396. The number of amides is 1. The largest absolute Gasteiger partial charge is 0.491 e. The first kappa shape index (κ1) is 20.8. The molecule has 0 saturated heterocycles. The van der Waals surface area contributed by atoms with Crippen LogP contribution in [0.1, 0.15) is 26.3 Å². The van der Waals surface area contributed by atoms with Gasteiger partial charge in [-0.15, -0.1) is 0 Å². The van der Waals surface area contributed by atoms with Crippen molar-refractivity contribution in [1.82, 2.24) is 5.32 Å². The summed E-state index contributed by atoms with van der Waals surface area (Å²) in [5, 5.41) is 2.80. The molecular weight excluding hydrogens is 364 g/mol. The lowest BCUT2D eigenvalue weighted by molar-refractivity contribution is -0.122. The van der Waals surface area contributed by atoms with Gasteiger partial charge in [0, 0.05) is 6.54 Å². The first-order valence-electron chi connectivity index (χ1n) is 8.76. The van der Waals surface area contributed by atoms with Gasteiger partial charge in [0.2, 0.25) is 15.9 Å². The van der Waals surface area contributed by atoms with Gasteiger partial charge in [0.15, 0.2) is 0 Å². The highest BCUT2D eigenvalue weighted by molar-refractivity contribution is 7.92. The first-order chi connectivity index (χ1) is 12.7. The Morgan fingerprint density at radius 2 is 1.63 bits per heavy atom. The molecule has 0 spiro atoms. The predicted molar refractivity (Wildman–Crippen MR) is 107 cm³/mol. The van der Waals surface area contributed by atoms with Crippen LogP contribution in [0.15, 0.2) is 54.6 Å². The van der Waals surface area contributed by atoms with Gasteiger partial charge in [0.25, 0.3) is 0 Å². The summed E-state index contributed by atoms with van der Waals surface area (Å²) in [5.41, 5.74) is 1.36. The molecular formula is C20H26N2O4S. The van der Waals surface area contributed by atoms with Crippen LogP contribution < -0.4 is 14.4 Å². The maximum absolute atomic E-state index is 12.5. The number of nitrogens with zero attached hydrogens (tertiary/aromatic N) is 1. The summed E-state index contributed by atoms with van der Waals surface area (Å²) < 4.78 is 31.1. The van der Waals surface area contributed by atoms with Crippen LogP contribution >= 0.6 is 0 Å². The quantitative estimate of drug-likeness (QED) is 0.752. The monoisotopic (exact) mass is 390 g/mol. The molecule has 0 bridgehead atoms. The number of para-hydroxylation sites is 1. The molecule has 6 nitrogen and oxygen atoms in total. The van der Waals surface area contributed by atoms with Crippen LogP contribution in [-0.4, -0.2) is 32.7 Å². The molecule has 1 amide bonds. The number of hydrogen-bond donors (Lipinski definition) is 1. The summed E-state index contributed by atoms with van der Waals surface area (Å²) in [7, 11) is -3.61. The van der Waals surface area contributed by atoms with Gasteiger partial charge >= 0.3 is 0 Å². The van der Waals surface area contributed by atoms with Crippen LogP contribution in [0.4, 0.5) is 5.69 Å². The maximum atomic E-state index is 12.5. The number of nitrogens with one attached hydrogen (secondary N) is 1. The highest BCUT2D eigenvalue weighted by atomic mass is 32.2. The Morgan fingerprint density at radius 1 is 1.04 bits per heavy atom. The third-order valence-electron chi connectivity index (χ3n) is 3.86. The van der Waals surface area contributed by atoms with Gasteiger partial charge in [-0.3, -0.25) is 9.10 Å². The summed E-state index contributed by atoms with van der Waals surface area (Å²) in [4.78, 5) is 12.5. The molecule has 0 fully saturated rings. The minimum Gasteiger partial charge on any atom is -0.491 e. The van der Waals surface area contributed by atoms with Crippen molar-refractivity contribution >= 4 is 21.6 Å². The number of rotatable bonds is 8. The number of ether oxygens (including phenoxy) is 1. The Labute approximate surface area is 161 Å².